The minimum Gasteiger partial charge on any atom is -0.356 e. The van der Waals surface area contributed by atoms with Gasteiger partial charge in [0.05, 0.1) is 12.2 Å². The number of nitrogens with zero attached hydrogens (tertiary/aromatic N) is 2. The summed E-state index contributed by atoms with van der Waals surface area (Å²) in [6.07, 6.45) is 0.617. The molecule has 0 fully saturated rings. The largest absolute Gasteiger partial charge is 0.356 e. The fourth-order valence-corrected chi connectivity index (χ4v) is 3.21. The Morgan fingerprint density at radius 3 is 2.76 bits per heavy atom. The predicted octanol–water partition coefficient (Wildman–Crippen LogP) is 4.33. The molecule has 1 aliphatic heterocycles. The Bertz CT molecular complexity index is 937. The van der Waals surface area contributed by atoms with Crippen LogP contribution >= 0.6 is 11.6 Å². The standard InChI is InChI=1S/C19H14ClFN2O2/c20-14-3-1-2-13(10-14)19(24)23-9-8-17-16(11-23)18(25-22-17)12-4-6-15(21)7-5-12/h1-7,10H,8-9,11H2. The first-order valence-electron chi connectivity index (χ1n) is 7.90. The summed E-state index contributed by atoms with van der Waals surface area (Å²) in [4.78, 5) is 14.5. The molecule has 0 saturated carbocycles. The lowest BCUT2D eigenvalue weighted by molar-refractivity contribution is 0.0734. The highest BCUT2D eigenvalue weighted by molar-refractivity contribution is 6.30. The lowest BCUT2D eigenvalue weighted by Crippen LogP contribution is -2.35. The van der Waals surface area contributed by atoms with E-state index in [0.717, 1.165) is 16.8 Å². The SMILES string of the molecule is O=C(c1cccc(Cl)c1)N1CCc2noc(-c3ccc(F)cc3)c2C1. The van der Waals surface area contributed by atoms with E-state index in [2.05, 4.69) is 5.16 Å². The molecule has 0 spiro atoms. The summed E-state index contributed by atoms with van der Waals surface area (Å²) < 4.78 is 18.6. The van der Waals surface area contributed by atoms with Crippen molar-refractivity contribution in [2.75, 3.05) is 6.54 Å². The van der Waals surface area contributed by atoms with Gasteiger partial charge in [0.2, 0.25) is 0 Å². The third-order valence-corrected chi connectivity index (χ3v) is 4.54. The Balaban J connectivity index is 1.63. The van der Waals surface area contributed by atoms with Crippen LogP contribution in [-0.4, -0.2) is 22.5 Å². The highest BCUT2D eigenvalue weighted by Gasteiger charge is 2.28. The Kier molecular flexibility index (Phi) is 4.01. The Hall–Kier alpha value is -2.66. The third-order valence-electron chi connectivity index (χ3n) is 4.30. The molecule has 6 heteroatoms. The molecule has 1 aliphatic rings. The van der Waals surface area contributed by atoms with E-state index in [1.807, 2.05) is 0 Å². The Morgan fingerprint density at radius 1 is 1.20 bits per heavy atom. The van der Waals surface area contributed by atoms with Gasteiger partial charge in [-0.2, -0.15) is 0 Å². The minimum absolute atomic E-state index is 0.0839. The summed E-state index contributed by atoms with van der Waals surface area (Å²) >= 11 is 5.98. The molecule has 1 amide bonds. The monoisotopic (exact) mass is 356 g/mol. The predicted molar refractivity (Wildman–Crippen MR) is 91.8 cm³/mol. The van der Waals surface area contributed by atoms with Crippen LogP contribution in [0, 0.1) is 5.82 Å². The van der Waals surface area contributed by atoms with Crippen LogP contribution < -0.4 is 0 Å². The van der Waals surface area contributed by atoms with Gasteiger partial charge in [-0.1, -0.05) is 22.8 Å². The summed E-state index contributed by atoms with van der Waals surface area (Å²) in [5.41, 5.74) is 3.01. The van der Waals surface area contributed by atoms with Crippen molar-refractivity contribution in [2.45, 2.75) is 13.0 Å². The fraction of sp³-hybridized carbons (Fsp3) is 0.158. The zero-order chi connectivity index (χ0) is 17.4. The molecule has 0 saturated heterocycles. The van der Waals surface area contributed by atoms with Gasteiger partial charge in [0, 0.05) is 34.7 Å². The van der Waals surface area contributed by atoms with Gasteiger partial charge in [0.1, 0.15) is 5.82 Å². The molecule has 1 aromatic heterocycles. The first-order chi connectivity index (χ1) is 12.1. The van der Waals surface area contributed by atoms with E-state index in [1.165, 1.54) is 12.1 Å². The number of carbonyl (C=O) groups excluding carboxylic acids is 1. The maximum absolute atomic E-state index is 13.1. The van der Waals surface area contributed by atoms with Gasteiger partial charge in [0.15, 0.2) is 5.76 Å². The summed E-state index contributed by atoms with van der Waals surface area (Å²) in [6, 6.07) is 12.9. The van der Waals surface area contributed by atoms with Gasteiger partial charge < -0.3 is 9.42 Å². The van der Waals surface area contributed by atoms with Gasteiger partial charge in [-0.25, -0.2) is 4.39 Å². The third kappa shape index (κ3) is 3.03. The molecule has 25 heavy (non-hydrogen) atoms. The quantitative estimate of drug-likeness (QED) is 0.686. The molecular weight excluding hydrogens is 343 g/mol. The van der Waals surface area contributed by atoms with Gasteiger partial charge in [0.25, 0.3) is 5.91 Å². The number of hydrogen-bond acceptors (Lipinski definition) is 3. The molecule has 0 radical (unpaired) electrons. The van der Waals surface area contributed by atoms with E-state index in [1.54, 1.807) is 41.3 Å². The van der Waals surface area contributed by atoms with Gasteiger partial charge in [-0.15, -0.1) is 0 Å². The van der Waals surface area contributed by atoms with Crippen LogP contribution in [0.3, 0.4) is 0 Å². The molecule has 0 atom stereocenters. The van der Waals surface area contributed by atoms with Gasteiger partial charge in [-0.3, -0.25) is 4.79 Å². The van der Waals surface area contributed by atoms with Crippen molar-refractivity contribution < 1.29 is 13.7 Å². The maximum Gasteiger partial charge on any atom is 0.254 e. The van der Waals surface area contributed by atoms with Crippen molar-refractivity contribution >= 4 is 17.5 Å². The normalized spacial score (nSPS) is 13.6. The minimum atomic E-state index is -0.310. The molecule has 2 heterocycles. The number of hydrogen-bond donors (Lipinski definition) is 0. The molecule has 0 bridgehead atoms. The topological polar surface area (TPSA) is 46.3 Å². The first kappa shape index (κ1) is 15.8. The number of aromatic nitrogens is 1. The van der Waals surface area contributed by atoms with Crippen molar-refractivity contribution in [1.29, 1.82) is 0 Å². The fourth-order valence-electron chi connectivity index (χ4n) is 3.02. The maximum atomic E-state index is 13.1. The molecular formula is C19H14ClFN2O2. The average molecular weight is 357 g/mol. The summed E-state index contributed by atoms with van der Waals surface area (Å²) in [6.45, 7) is 0.963. The highest BCUT2D eigenvalue weighted by atomic mass is 35.5. The molecule has 126 valence electrons. The van der Waals surface area contributed by atoms with Crippen molar-refractivity contribution in [3.63, 3.8) is 0 Å². The molecule has 2 aromatic carbocycles. The van der Waals surface area contributed by atoms with Gasteiger partial charge in [-0.05, 0) is 42.5 Å². The number of rotatable bonds is 2. The molecule has 0 N–H and O–H groups in total. The van der Waals surface area contributed by atoms with E-state index in [4.69, 9.17) is 16.1 Å². The second-order valence-electron chi connectivity index (χ2n) is 5.93. The van der Waals surface area contributed by atoms with Crippen LogP contribution in [0.2, 0.25) is 5.02 Å². The number of benzene rings is 2. The molecule has 3 aromatic rings. The number of halogens is 2. The Morgan fingerprint density at radius 2 is 2.00 bits per heavy atom. The first-order valence-corrected chi connectivity index (χ1v) is 8.28. The van der Waals surface area contributed by atoms with Crippen LogP contribution in [0.4, 0.5) is 4.39 Å². The van der Waals surface area contributed by atoms with E-state index < -0.39 is 0 Å². The van der Waals surface area contributed by atoms with Crippen LogP contribution in [0.5, 0.6) is 0 Å². The molecule has 4 rings (SSSR count). The van der Waals surface area contributed by atoms with E-state index in [-0.39, 0.29) is 11.7 Å². The average Bonchev–Trinajstić information content (AvgIpc) is 3.05. The number of carbonyl (C=O) groups is 1. The van der Waals surface area contributed by atoms with E-state index in [0.29, 0.717) is 35.9 Å². The van der Waals surface area contributed by atoms with Crippen molar-refractivity contribution in [1.82, 2.24) is 10.1 Å². The van der Waals surface area contributed by atoms with Gasteiger partial charge >= 0.3 is 0 Å². The van der Waals surface area contributed by atoms with Crippen molar-refractivity contribution in [3.8, 4) is 11.3 Å². The highest BCUT2D eigenvalue weighted by Crippen LogP contribution is 2.31. The number of fused-ring (bicyclic) bond motifs is 1. The van der Waals surface area contributed by atoms with Crippen molar-refractivity contribution in [2.24, 2.45) is 0 Å². The van der Waals surface area contributed by atoms with E-state index >= 15 is 0 Å². The lowest BCUT2D eigenvalue weighted by Gasteiger charge is -2.26. The second-order valence-corrected chi connectivity index (χ2v) is 6.37. The Labute approximate surface area is 148 Å². The van der Waals surface area contributed by atoms with Crippen LogP contribution in [-0.2, 0) is 13.0 Å². The lowest BCUT2D eigenvalue weighted by atomic mass is 10.0. The zero-order valence-corrected chi connectivity index (χ0v) is 14.0. The number of amides is 1. The zero-order valence-electron chi connectivity index (χ0n) is 13.2. The molecule has 0 aliphatic carbocycles. The summed E-state index contributed by atoms with van der Waals surface area (Å²) in [5.74, 6) is 0.188. The summed E-state index contributed by atoms with van der Waals surface area (Å²) in [7, 11) is 0. The van der Waals surface area contributed by atoms with Crippen LogP contribution in [0.1, 0.15) is 21.6 Å². The molecule has 0 unspecified atom stereocenters. The van der Waals surface area contributed by atoms with Crippen molar-refractivity contribution in [3.05, 3.63) is 76.2 Å². The summed E-state index contributed by atoms with van der Waals surface area (Å²) in [5, 5.41) is 4.64. The van der Waals surface area contributed by atoms with Crippen LogP contribution in [0.25, 0.3) is 11.3 Å². The molecule has 4 nitrogen and oxygen atoms in total. The second kappa shape index (κ2) is 6.33. The van der Waals surface area contributed by atoms with Crippen LogP contribution in [0.15, 0.2) is 53.1 Å². The smallest absolute Gasteiger partial charge is 0.254 e. The van der Waals surface area contributed by atoms with E-state index in [9.17, 15) is 9.18 Å².